The lowest BCUT2D eigenvalue weighted by Crippen LogP contribution is -2.29. The minimum absolute atomic E-state index is 0.446. The van der Waals surface area contributed by atoms with Crippen molar-refractivity contribution in [2.24, 2.45) is 0 Å². The van der Waals surface area contributed by atoms with Crippen molar-refractivity contribution in [1.29, 1.82) is 0 Å². The van der Waals surface area contributed by atoms with E-state index in [1.165, 1.54) is 11.3 Å². The normalized spacial score (nSPS) is 17.3. The molecule has 0 saturated heterocycles. The van der Waals surface area contributed by atoms with Crippen molar-refractivity contribution >= 4 is 21.6 Å². The Morgan fingerprint density at radius 1 is 1.47 bits per heavy atom. The summed E-state index contributed by atoms with van der Waals surface area (Å²) in [4.78, 5) is 2.33. The van der Waals surface area contributed by atoms with Crippen LogP contribution in [0, 0.1) is 0 Å². The van der Waals surface area contributed by atoms with Crippen LogP contribution in [0.3, 0.4) is 0 Å². The molecule has 1 atom stereocenters. The third-order valence-electron chi connectivity index (χ3n) is 3.43. The van der Waals surface area contributed by atoms with Gasteiger partial charge < -0.3 is 14.7 Å². The van der Waals surface area contributed by atoms with Gasteiger partial charge in [-0.15, -0.1) is 0 Å². The molecule has 4 heteroatoms. The van der Waals surface area contributed by atoms with E-state index in [-0.39, 0.29) is 0 Å². The molecule has 0 aliphatic carbocycles. The van der Waals surface area contributed by atoms with Crippen LogP contribution in [0.5, 0.6) is 0 Å². The van der Waals surface area contributed by atoms with Crippen LogP contribution < -0.4 is 4.90 Å². The Labute approximate surface area is 123 Å². The van der Waals surface area contributed by atoms with Gasteiger partial charge in [0.05, 0.1) is 12.7 Å². The third kappa shape index (κ3) is 3.59. The lowest BCUT2D eigenvalue weighted by molar-refractivity contribution is 0.198. The monoisotopic (exact) mass is 325 g/mol. The molecule has 104 valence electrons. The number of rotatable bonds is 4. The Kier molecular flexibility index (Phi) is 5.02. The van der Waals surface area contributed by atoms with E-state index >= 15 is 0 Å². The van der Waals surface area contributed by atoms with E-state index in [2.05, 4.69) is 39.0 Å². The SMILES string of the molecule is COCC1=CCN(c2ccc([C@H](C)O)c(Br)c2)CC1. The van der Waals surface area contributed by atoms with Gasteiger partial charge in [-0.1, -0.05) is 28.1 Å². The molecule has 1 heterocycles. The van der Waals surface area contributed by atoms with Crippen molar-refractivity contribution in [2.45, 2.75) is 19.4 Å². The predicted molar refractivity (Wildman–Crippen MR) is 81.6 cm³/mol. The molecule has 1 aliphatic heterocycles. The first-order chi connectivity index (χ1) is 9.11. The second-order valence-corrected chi connectivity index (χ2v) is 5.73. The Morgan fingerprint density at radius 2 is 2.26 bits per heavy atom. The number of aliphatic hydroxyl groups is 1. The van der Waals surface area contributed by atoms with Crippen LogP contribution in [0.15, 0.2) is 34.3 Å². The van der Waals surface area contributed by atoms with Crippen molar-refractivity contribution in [3.63, 3.8) is 0 Å². The Morgan fingerprint density at radius 3 is 2.79 bits per heavy atom. The van der Waals surface area contributed by atoms with Gasteiger partial charge in [0.15, 0.2) is 0 Å². The zero-order valence-corrected chi connectivity index (χ0v) is 13.0. The molecule has 0 bridgehead atoms. The first kappa shape index (κ1) is 14.6. The summed E-state index contributed by atoms with van der Waals surface area (Å²) in [5.41, 5.74) is 3.48. The molecule has 0 radical (unpaired) electrons. The van der Waals surface area contributed by atoms with Crippen LogP contribution in [0.2, 0.25) is 0 Å². The fourth-order valence-electron chi connectivity index (χ4n) is 2.31. The number of hydrogen-bond donors (Lipinski definition) is 1. The molecule has 2 rings (SSSR count). The summed E-state index contributed by atoms with van der Waals surface area (Å²) in [6.45, 7) is 4.44. The van der Waals surface area contributed by atoms with E-state index in [0.29, 0.717) is 0 Å². The highest BCUT2D eigenvalue weighted by Crippen LogP contribution is 2.29. The number of methoxy groups -OCH3 is 1. The Hall–Kier alpha value is -0.840. The van der Waals surface area contributed by atoms with Gasteiger partial charge >= 0.3 is 0 Å². The number of anilines is 1. The zero-order chi connectivity index (χ0) is 13.8. The Bertz CT molecular complexity index is 471. The molecule has 19 heavy (non-hydrogen) atoms. The molecule has 0 saturated carbocycles. The smallest absolute Gasteiger partial charge is 0.0772 e. The highest BCUT2D eigenvalue weighted by molar-refractivity contribution is 9.10. The van der Waals surface area contributed by atoms with Gasteiger partial charge in [-0.3, -0.25) is 0 Å². The summed E-state index contributed by atoms with van der Waals surface area (Å²) >= 11 is 3.53. The van der Waals surface area contributed by atoms with Gasteiger partial charge in [-0.2, -0.15) is 0 Å². The minimum atomic E-state index is -0.446. The van der Waals surface area contributed by atoms with Crippen molar-refractivity contribution in [1.82, 2.24) is 0 Å². The molecule has 3 nitrogen and oxygen atoms in total. The van der Waals surface area contributed by atoms with E-state index in [4.69, 9.17) is 4.74 Å². The molecule has 1 aliphatic rings. The summed E-state index contributed by atoms with van der Waals surface area (Å²) in [5, 5.41) is 9.63. The maximum atomic E-state index is 9.63. The predicted octanol–water partition coefficient (Wildman–Crippen LogP) is 3.29. The van der Waals surface area contributed by atoms with E-state index in [9.17, 15) is 5.11 Å². The van der Waals surface area contributed by atoms with Crippen LogP contribution in [-0.4, -0.2) is 31.9 Å². The molecule has 0 amide bonds. The molecule has 0 aromatic heterocycles. The highest BCUT2D eigenvalue weighted by atomic mass is 79.9. The molecule has 0 unspecified atom stereocenters. The van der Waals surface area contributed by atoms with Gasteiger partial charge in [0, 0.05) is 30.4 Å². The third-order valence-corrected chi connectivity index (χ3v) is 4.12. The lowest BCUT2D eigenvalue weighted by atomic mass is 10.1. The summed E-state index contributed by atoms with van der Waals surface area (Å²) in [5.74, 6) is 0. The van der Waals surface area contributed by atoms with Gasteiger partial charge in [0.1, 0.15) is 0 Å². The van der Waals surface area contributed by atoms with Crippen molar-refractivity contribution in [2.75, 3.05) is 31.7 Å². The Balaban J connectivity index is 2.10. The van der Waals surface area contributed by atoms with Gasteiger partial charge in [0.2, 0.25) is 0 Å². The average Bonchev–Trinajstić information content (AvgIpc) is 2.39. The first-order valence-electron chi connectivity index (χ1n) is 6.51. The van der Waals surface area contributed by atoms with Crippen LogP contribution in [-0.2, 0) is 4.74 Å². The van der Waals surface area contributed by atoms with Gasteiger partial charge in [-0.25, -0.2) is 0 Å². The largest absolute Gasteiger partial charge is 0.389 e. The van der Waals surface area contributed by atoms with E-state index in [1.807, 2.05) is 6.07 Å². The second kappa shape index (κ2) is 6.55. The standard InChI is InChI=1S/C15H20BrNO2/c1-11(18)14-4-3-13(9-15(14)16)17-7-5-12(6-8-17)10-19-2/h3-5,9,11,18H,6-8,10H2,1-2H3/t11-/m0/s1. The molecule has 1 aromatic carbocycles. The van der Waals surface area contributed by atoms with Crippen molar-refractivity contribution in [3.8, 4) is 0 Å². The summed E-state index contributed by atoms with van der Waals surface area (Å²) in [6.07, 6.45) is 2.84. The minimum Gasteiger partial charge on any atom is -0.389 e. The molecule has 0 fully saturated rings. The zero-order valence-electron chi connectivity index (χ0n) is 11.4. The second-order valence-electron chi connectivity index (χ2n) is 4.87. The van der Waals surface area contributed by atoms with E-state index in [1.54, 1.807) is 14.0 Å². The molecule has 0 spiro atoms. The van der Waals surface area contributed by atoms with E-state index in [0.717, 1.165) is 36.2 Å². The summed E-state index contributed by atoms with van der Waals surface area (Å²) < 4.78 is 6.13. The fourth-order valence-corrected chi connectivity index (χ4v) is 3.01. The topological polar surface area (TPSA) is 32.7 Å². The van der Waals surface area contributed by atoms with Crippen LogP contribution in [0.25, 0.3) is 0 Å². The van der Waals surface area contributed by atoms with Gasteiger partial charge in [0.25, 0.3) is 0 Å². The van der Waals surface area contributed by atoms with Crippen LogP contribution in [0.1, 0.15) is 25.0 Å². The quantitative estimate of drug-likeness (QED) is 0.862. The van der Waals surface area contributed by atoms with Gasteiger partial charge in [-0.05, 0) is 36.6 Å². The number of hydrogen-bond acceptors (Lipinski definition) is 3. The van der Waals surface area contributed by atoms with Crippen LogP contribution in [0.4, 0.5) is 5.69 Å². The molecule has 1 N–H and O–H groups in total. The number of nitrogens with zero attached hydrogens (tertiary/aromatic N) is 1. The molecular formula is C15H20BrNO2. The van der Waals surface area contributed by atoms with Crippen molar-refractivity contribution < 1.29 is 9.84 Å². The fraction of sp³-hybridized carbons (Fsp3) is 0.467. The molecule has 1 aromatic rings. The number of aliphatic hydroxyl groups excluding tert-OH is 1. The lowest BCUT2D eigenvalue weighted by Gasteiger charge is -2.29. The average molecular weight is 326 g/mol. The number of benzene rings is 1. The van der Waals surface area contributed by atoms with Crippen molar-refractivity contribution in [3.05, 3.63) is 39.9 Å². The molecular weight excluding hydrogens is 306 g/mol. The maximum Gasteiger partial charge on any atom is 0.0772 e. The summed E-state index contributed by atoms with van der Waals surface area (Å²) in [7, 11) is 1.74. The number of ether oxygens (including phenoxy) is 1. The highest BCUT2D eigenvalue weighted by Gasteiger charge is 2.14. The van der Waals surface area contributed by atoms with Crippen LogP contribution >= 0.6 is 15.9 Å². The van der Waals surface area contributed by atoms with E-state index < -0.39 is 6.10 Å². The number of halogens is 1. The maximum absolute atomic E-state index is 9.63. The first-order valence-corrected chi connectivity index (χ1v) is 7.30. The summed E-state index contributed by atoms with van der Waals surface area (Å²) in [6, 6.07) is 6.14.